The van der Waals surface area contributed by atoms with Gasteiger partial charge in [-0.2, -0.15) is 0 Å². The zero-order valence-corrected chi connectivity index (χ0v) is 12.8. The van der Waals surface area contributed by atoms with Gasteiger partial charge in [-0.3, -0.25) is 0 Å². The Morgan fingerprint density at radius 1 is 1.14 bits per heavy atom. The fraction of sp³-hybridized carbons (Fsp3) is 0.235. The maximum Gasteiger partial charge on any atom is 0.162 e. The predicted molar refractivity (Wildman–Crippen MR) is 87.2 cm³/mol. The average molecular weight is 298 g/mol. The highest BCUT2D eigenvalue weighted by Crippen LogP contribution is 2.33. The summed E-state index contributed by atoms with van der Waals surface area (Å²) in [6.45, 7) is 4.03. The smallest absolute Gasteiger partial charge is 0.162 e. The minimum atomic E-state index is 0.832. The number of furan rings is 1. The first-order valence-electron chi connectivity index (χ1n) is 7.18. The molecular weight excluding hydrogens is 280 g/mol. The van der Waals surface area contributed by atoms with Crippen LogP contribution in [0.4, 0.5) is 0 Å². The summed E-state index contributed by atoms with van der Waals surface area (Å²) in [5, 5.41) is 4.40. The molecule has 3 nitrogen and oxygen atoms in total. The molecule has 0 unspecified atom stereocenters. The van der Waals surface area contributed by atoms with E-state index in [1.165, 1.54) is 4.88 Å². The van der Waals surface area contributed by atoms with Crippen molar-refractivity contribution in [3.8, 4) is 22.0 Å². The second kappa shape index (κ2) is 6.70. The second-order valence-corrected chi connectivity index (χ2v) is 5.89. The SMILES string of the molecule is CCCNCc1sc(-c2ccco2)nc1-c1ccccc1. The molecule has 2 heterocycles. The molecule has 0 aliphatic rings. The minimum absolute atomic E-state index is 0.832. The van der Waals surface area contributed by atoms with Crippen molar-refractivity contribution in [1.29, 1.82) is 0 Å². The topological polar surface area (TPSA) is 38.1 Å². The van der Waals surface area contributed by atoms with Gasteiger partial charge in [0.1, 0.15) is 0 Å². The summed E-state index contributed by atoms with van der Waals surface area (Å²) in [7, 11) is 0. The molecule has 1 aromatic carbocycles. The molecule has 0 aliphatic carbocycles. The van der Waals surface area contributed by atoms with Gasteiger partial charge in [0.25, 0.3) is 0 Å². The Balaban J connectivity index is 1.96. The van der Waals surface area contributed by atoms with Crippen LogP contribution in [0.2, 0.25) is 0 Å². The Kier molecular flexibility index (Phi) is 4.48. The van der Waals surface area contributed by atoms with E-state index in [0.29, 0.717) is 0 Å². The van der Waals surface area contributed by atoms with Gasteiger partial charge in [-0.15, -0.1) is 11.3 Å². The Bertz CT molecular complexity index is 674. The molecular formula is C17H18N2OS. The van der Waals surface area contributed by atoms with Crippen LogP contribution in [0.3, 0.4) is 0 Å². The van der Waals surface area contributed by atoms with Gasteiger partial charge in [-0.25, -0.2) is 4.98 Å². The highest BCUT2D eigenvalue weighted by Gasteiger charge is 2.15. The van der Waals surface area contributed by atoms with E-state index in [1.54, 1.807) is 17.6 Å². The van der Waals surface area contributed by atoms with Crippen molar-refractivity contribution in [1.82, 2.24) is 10.3 Å². The highest BCUT2D eigenvalue weighted by molar-refractivity contribution is 7.15. The van der Waals surface area contributed by atoms with Crippen molar-refractivity contribution in [2.75, 3.05) is 6.54 Å². The third kappa shape index (κ3) is 3.23. The summed E-state index contributed by atoms with van der Waals surface area (Å²) in [6, 6.07) is 14.2. The molecule has 0 bridgehead atoms. The van der Waals surface area contributed by atoms with Gasteiger partial charge in [-0.05, 0) is 25.1 Å². The molecule has 4 heteroatoms. The lowest BCUT2D eigenvalue weighted by Crippen LogP contribution is -2.13. The third-order valence-electron chi connectivity index (χ3n) is 3.19. The first-order chi connectivity index (χ1) is 10.4. The van der Waals surface area contributed by atoms with Crippen LogP contribution in [-0.2, 0) is 6.54 Å². The molecule has 2 aromatic heterocycles. The Morgan fingerprint density at radius 2 is 2.00 bits per heavy atom. The van der Waals surface area contributed by atoms with Crippen molar-refractivity contribution in [3.05, 3.63) is 53.6 Å². The summed E-state index contributed by atoms with van der Waals surface area (Å²) in [5.41, 5.74) is 2.20. The maximum absolute atomic E-state index is 5.48. The van der Waals surface area contributed by atoms with Crippen LogP contribution < -0.4 is 5.32 Å². The average Bonchev–Trinajstić information content (AvgIpc) is 3.18. The molecule has 108 valence electrons. The van der Waals surface area contributed by atoms with Crippen LogP contribution in [0.5, 0.6) is 0 Å². The van der Waals surface area contributed by atoms with Gasteiger partial charge in [0.2, 0.25) is 0 Å². The number of hydrogen-bond acceptors (Lipinski definition) is 4. The molecule has 0 aliphatic heterocycles. The standard InChI is InChI=1S/C17H18N2OS/c1-2-10-18-12-15-16(13-7-4-3-5-8-13)19-17(21-15)14-9-6-11-20-14/h3-9,11,18H,2,10,12H2,1H3. The molecule has 21 heavy (non-hydrogen) atoms. The summed E-state index contributed by atoms with van der Waals surface area (Å²) in [6.07, 6.45) is 2.82. The lowest BCUT2D eigenvalue weighted by atomic mass is 10.1. The molecule has 3 aromatic rings. The van der Waals surface area contributed by atoms with Crippen molar-refractivity contribution in [2.45, 2.75) is 19.9 Å². The zero-order chi connectivity index (χ0) is 14.5. The number of hydrogen-bond donors (Lipinski definition) is 1. The molecule has 0 atom stereocenters. The number of rotatable bonds is 6. The molecule has 0 spiro atoms. The Labute approximate surface area is 128 Å². The minimum Gasteiger partial charge on any atom is -0.462 e. The lowest BCUT2D eigenvalue weighted by molar-refractivity contribution is 0.582. The van der Waals surface area contributed by atoms with E-state index in [4.69, 9.17) is 9.40 Å². The van der Waals surface area contributed by atoms with E-state index in [2.05, 4.69) is 24.4 Å². The van der Waals surface area contributed by atoms with Gasteiger partial charge in [0.05, 0.1) is 12.0 Å². The largest absolute Gasteiger partial charge is 0.462 e. The molecule has 0 radical (unpaired) electrons. The first kappa shape index (κ1) is 14.0. The zero-order valence-electron chi connectivity index (χ0n) is 12.0. The van der Waals surface area contributed by atoms with Crippen LogP contribution in [0.25, 0.3) is 22.0 Å². The molecule has 1 N–H and O–H groups in total. The quantitative estimate of drug-likeness (QED) is 0.677. The van der Waals surface area contributed by atoms with Crippen molar-refractivity contribution in [3.63, 3.8) is 0 Å². The normalized spacial score (nSPS) is 10.9. The predicted octanol–water partition coefficient (Wildman–Crippen LogP) is 4.57. The van der Waals surface area contributed by atoms with Crippen molar-refractivity contribution < 1.29 is 4.42 Å². The van der Waals surface area contributed by atoms with Crippen LogP contribution in [0, 0.1) is 0 Å². The van der Waals surface area contributed by atoms with E-state index in [0.717, 1.165) is 41.5 Å². The Hall–Kier alpha value is -1.91. The lowest BCUT2D eigenvalue weighted by Gasteiger charge is -2.03. The van der Waals surface area contributed by atoms with E-state index < -0.39 is 0 Å². The van der Waals surface area contributed by atoms with E-state index >= 15 is 0 Å². The number of thiazole rings is 1. The van der Waals surface area contributed by atoms with Crippen molar-refractivity contribution in [2.24, 2.45) is 0 Å². The summed E-state index contributed by atoms with van der Waals surface area (Å²) < 4.78 is 5.48. The first-order valence-corrected chi connectivity index (χ1v) is 8.00. The molecule has 0 fully saturated rings. The fourth-order valence-corrected chi connectivity index (χ4v) is 3.20. The van der Waals surface area contributed by atoms with Gasteiger partial charge >= 0.3 is 0 Å². The van der Waals surface area contributed by atoms with E-state index in [-0.39, 0.29) is 0 Å². The number of nitrogens with one attached hydrogen (secondary N) is 1. The maximum atomic E-state index is 5.48. The van der Waals surface area contributed by atoms with Crippen LogP contribution in [0.1, 0.15) is 18.2 Å². The number of benzene rings is 1. The summed E-state index contributed by atoms with van der Waals surface area (Å²) in [5.74, 6) is 0.832. The second-order valence-electron chi connectivity index (χ2n) is 4.81. The fourth-order valence-electron chi connectivity index (χ4n) is 2.18. The third-order valence-corrected chi connectivity index (χ3v) is 4.26. The Morgan fingerprint density at radius 3 is 2.71 bits per heavy atom. The van der Waals surface area contributed by atoms with E-state index in [1.807, 2.05) is 30.3 Å². The van der Waals surface area contributed by atoms with Crippen molar-refractivity contribution >= 4 is 11.3 Å². The molecule has 0 saturated carbocycles. The van der Waals surface area contributed by atoms with Gasteiger partial charge in [-0.1, -0.05) is 37.3 Å². The monoisotopic (exact) mass is 298 g/mol. The number of nitrogens with zero attached hydrogens (tertiary/aromatic N) is 1. The molecule has 0 saturated heterocycles. The summed E-state index contributed by atoms with van der Waals surface area (Å²) in [4.78, 5) is 6.04. The van der Waals surface area contributed by atoms with Gasteiger partial charge in [0, 0.05) is 17.0 Å². The summed E-state index contributed by atoms with van der Waals surface area (Å²) >= 11 is 1.70. The van der Waals surface area contributed by atoms with Crippen LogP contribution in [0.15, 0.2) is 53.1 Å². The van der Waals surface area contributed by atoms with Crippen LogP contribution >= 0.6 is 11.3 Å². The van der Waals surface area contributed by atoms with Gasteiger partial charge in [0.15, 0.2) is 10.8 Å². The van der Waals surface area contributed by atoms with E-state index in [9.17, 15) is 0 Å². The van der Waals surface area contributed by atoms with Gasteiger partial charge < -0.3 is 9.73 Å². The van der Waals surface area contributed by atoms with Crippen LogP contribution in [-0.4, -0.2) is 11.5 Å². The number of aromatic nitrogens is 1. The highest BCUT2D eigenvalue weighted by atomic mass is 32.1. The molecule has 0 amide bonds. The molecule has 3 rings (SSSR count).